The van der Waals surface area contributed by atoms with E-state index in [-0.39, 0.29) is 0 Å². The number of hydrogen-bond donors (Lipinski definition) is 2. The lowest BCUT2D eigenvalue weighted by Gasteiger charge is -2.29. The monoisotopic (exact) mass is 158 g/mol. The second-order valence-electron chi connectivity index (χ2n) is 3.47. The summed E-state index contributed by atoms with van der Waals surface area (Å²) in [4.78, 5) is 2.37. The van der Waals surface area contributed by atoms with Crippen LogP contribution in [0, 0.1) is 5.92 Å². The molecule has 0 aromatic carbocycles. The molecule has 2 N–H and O–H groups in total. The summed E-state index contributed by atoms with van der Waals surface area (Å²) in [6, 6.07) is 0. The van der Waals surface area contributed by atoms with E-state index >= 15 is 0 Å². The van der Waals surface area contributed by atoms with Gasteiger partial charge in [0.25, 0.3) is 0 Å². The van der Waals surface area contributed by atoms with Crippen molar-refractivity contribution in [3.63, 3.8) is 0 Å². The van der Waals surface area contributed by atoms with Gasteiger partial charge in [-0.1, -0.05) is 0 Å². The SMILES string of the molecule is CN1CCCC(CCNO)C1. The zero-order valence-electron chi connectivity index (χ0n) is 7.21. The van der Waals surface area contributed by atoms with Gasteiger partial charge in [0.15, 0.2) is 0 Å². The van der Waals surface area contributed by atoms with Gasteiger partial charge in [-0.05, 0) is 38.8 Å². The lowest BCUT2D eigenvalue weighted by Crippen LogP contribution is -2.33. The summed E-state index contributed by atoms with van der Waals surface area (Å²) < 4.78 is 0. The summed E-state index contributed by atoms with van der Waals surface area (Å²) in [5.74, 6) is 0.786. The van der Waals surface area contributed by atoms with Crippen molar-refractivity contribution in [1.82, 2.24) is 10.4 Å². The minimum atomic E-state index is 0.735. The lowest BCUT2D eigenvalue weighted by molar-refractivity contribution is 0.142. The predicted molar refractivity (Wildman–Crippen MR) is 44.6 cm³/mol. The maximum Gasteiger partial charge on any atom is 0.0210 e. The summed E-state index contributed by atoms with van der Waals surface area (Å²) in [7, 11) is 2.17. The maximum absolute atomic E-state index is 8.40. The molecule has 0 amide bonds. The summed E-state index contributed by atoms with van der Waals surface area (Å²) in [5.41, 5.74) is 2.21. The van der Waals surface area contributed by atoms with E-state index in [4.69, 9.17) is 5.21 Å². The van der Waals surface area contributed by atoms with Crippen molar-refractivity contribution >= 4 is 0 Å². The zero-order valence-corrected chi connectivity index (χ0v) is 7.21. The van der Waals surface area contributed by atoms with E-state index in [0.717, 1.165) is 18.9 Å². The molecule has 1 aliphatic heterocycles. The first-order valence-electron chi connectivity index (χ1n) is 4.38. The number of nitrogens with one attached hydrogen (secondary N) is 1. The molecule has 0 bridgehead atoms. The average Bonchev–Trinajstić information content (AvgIpc) is 2.01. The number of hydroxylamine groups is 1. The molecular weight excluding hydrogens is 140 g/mol. The number of nitrogens with zero attached hydrogens (tertiary/aromatic N) is 1. The topological polar surface area (TPSA) is 35.5 Å². The van der Waals surface area contributed by atoms with Crippen LogP contribution in [0.15, 0.2) is 0 Å². The van der Waals surface area contributed by atoms with Gasteiger partial charge < -0.3 is 10.1 Å². The molecule has 0 radical (unpaired) electrons. The Labute approximate surface area is 68.3 Å². The lowest BCUT2D eigenvalue weighted by atomic mass is 9.95. The molecule has 0 aromatic rings. The normalized spacial score (nSPS) is 27.3. The molecule has 1 fully saturated rings. The summed E-state index contributed by atoms with van der Waals surface area (Å²) >= 11 is 0. The standard InChI is InChI=1S/C8H18N2O/c1-10-6-2-3-8(7-10)4-5-9-11/h8-9,11H,2-7H2,1H3. The van der Waals surface area contributed by atoms with E-state index in [0.29, 0.717) is 0 Å². The molecule has 0 aromatic heterocycles. The molecule has 1 heterocycles. The van der Waals surface area contributed by atoms with Crippen LogP contribution >= 0.6 is 0 Å². The Bertz CT molecular complexity index is 108. The highest BCUT2D eigenvalue weighted by Gasteiger charge is 2.15. The fourth-order valence-corrected chi connectivity index (χ4v) is 1.78. The minimum absolute atomic E-state index is 0.735. The fraction of sp³-hybridized carbons (Fsp3) is 1.00. The summed E-state index contributed by atoms with van der Waals surface area (Å²) in [6.07, 6.45) is 3.74. The van der Waals surface area contributed by atoms with Crippen molar-refractivity contribution in [2.75, 3.05) is 26.7 Å². The van der Waals surface area contributed by atoms with Crippen molar-refractivity contribution in [1.29, 1.82) is 0 Å². The van der Waals surface area contributed by atoms with Crippen molar-refractivity contribution in [2.24, 2.45) is 5.92 Å². The Hall–Kier alpha value is -0.120. The molecule has 1 aliphatic rings. The number of rotatable bonds is 3. The molecule has 1 rings (SSSR count). The third-order valence-electron chi connectivity index (χ3n) is 2.39. The molecule has 3 nitrogen and oxygen atoms in total. The molecule has 1 unspecified atom stereocenters. The highest BCUT2D eigenvalue weighted by molar-refractivity contribution is 4.70. The quantitative estimate of drug-likeness (QED) is 0.593. The Kier molecular flexibility index (Phi) is 3.83. The molecule has 0 saturated carbocycles. The third kappa shape index (κ3) is 3.18. The predicted octanol–water partition coefficient (Wildman–Crippen LogP) is 0.697. The van der Waals surface area contributed by atoms with Gasteiger partial charge in [-0.15, -0.1) is 0 Å². The van der Waals surface area contributed by atoms with Crippen LogP contribution in [-0.2, 0) is 0 Å². The summed E-state index contributed by atoms with van der Waals surface area (Å²) in [5, 5.41) is 8.40. The van der Waals surface area contributed by atoms with E-state index in [1.165, 1.54) is 25.9 Å². The molecule has 3 heteroatoms. The van der Waals surface area contributed by atoms with Crippen LogP contribution < -0.4 is 5.48 Å². The minimum Gasteiger partial charge on any atom is -0.317 e. The van der Waals surface area contributed by atoms with E-state index in [2.05, 4.69) is 17.4 Å². The first-order chi connectivity index (χ1) is 5.33. The number of likely N-dealkylation sites (tertiary alicyclic amines) is 1. The smallest absolute Gasteiger partial charge is 0.0210 e. The van der Waals surface area contributed by atoms with Gasteiger partial charge in [0.1, 0.15) is 0 Å². The van der Waals surface area contributed by atoms with E-state index in [9.17, 15) is 0 Å². The summed E-state index contributed by atoms with van der Waals surface area (Å²) in [6.45, 7) is 3.17. The highest BCUT2D eigenvalue weighted by atomic mass is 16.5. The van der Waals surface area contributed by atoms with Crippen molar-refractivity contribution in [2.45, 2.75) is 19.3 Å². The molecular formula is C8H18N2O. The Morgan fingerprint density at radius 1 is 1.64 bits per heavy atom. The second kappa shape index (κ2) is 4.70. The van der Waals surface area contributed by atoms with Crippen LogP contribution in [-0.4, -0.2) is 36.8 Å². The van der Waals surface area contributed by atoms with Gasteiger partial charge in [0.05, 0.1) is 0 Å². The van der Waals surface area contributed by atoms with Crippen LogP contribution in [0.4, 0.5) is 0 Å². The van der Waals surface area contributed by atoms with E-state index < -0.39 is 0 Å². The van der Waals surface area contributed by atoms with Gasteiger partial charge in [-0.3, -0.25) is 0 Å². The zero-order chi connectivity index (χ0) is 8.10. The molecule has 1 atom stereocenters. The van der Waals surface area contributed by atoms with Crippen molar-refractivity contribution in [3.05, 3.63) is 0 Å². The van der Waals surface area contributed by atoms with Crippen LogP contribution in [0.25, 0.3) is 0 Å². The second-order valence-corrected chi connectivity index (χ2v) is 3.47. The number of hydrogen-bond acceptors (Lipinski definition) is 3. The first-order valence-corrected chi connectivity index (χ1v) is 4.38. The van der Waals surface area contributed by atoms with Crippen molar-refractivity contribution < 1.29 is 5.21 Å². The van der Waals surface area contributed by atoms with Crippen LogP contribution in [0.3, 0.4) is 0 Å². The molecule has 11 heavy (non-hydrogen) atoms. The van der Waals surface area contributed by atoms with Crippen LogP contribution in [0.1, 0.15) is 19.3 Å². The van der Waals surface area contributed by atoms with Gasteiger partial charge in [0, 0.05) is 13.1 Å². The van der Waals surface area contributed by atoms with E-state index in [1.54, 1.807) is 0 Å². The van der Waals surface area contributed by atoms with Gasteiger partial charge in [0.2, 0.25) is 0 Å². The van der Waals surface area contributed by atoms with Crippen molar-refractivity contribution in [3.8, 4) is 0 Å². The Balaban J connectivity index is 2.12. The Morgan fingerprint density at radius 3 is 3.09 bits per heavy atom. The third-order valence-corrected chi connectivity index (χ3v) is 2.39. The van der Waals surface area contributed by atoms with Gasteiger partial charge in [-0.25, -0.2) is 5.48 Å². The average molecular weight is 158 g/mol. The molecule has 0 aliphatic carbocycles. The number of piperidine rings is 1. The van der Waals surface area contributed by atoms with Gasteiger partial charge >= 0.3 is 0 Å². The maximum atomic E-state index is 8.40. The fourth-order valence-electron chi connectivity index (χ4n) is 1.78. The largest absolute Gasteiger partial charge is 0.317 e. The van der Waals surface area contributed by atoms with E-state index in [1.807, 2.05) is 0 Å². The molecule has 0 spiro atoms. The first kappa shape index (κ1) is 8.97. The molecule has 66 valence electrons. The van der Waals surface area contributed by atoms with Crippen LogP contribution in [0.2, 0.25) is 0 Å². The van der Waals surface area contributed by atoms with Crippen LogP contribution in [0.5, 0.6) is 0 Å². The van der Waals surface area contributed by atoms with Gasteiger partial charge in [-0.2, -0.15) is 0 Å². The molecule has 1 saturated heterocycles. The highest BCUT2D eigenvalue weighted by Crippen LogP contribution is 2.17. The Morgan fingerprint density at radius 2 is 2.45 bits per heavy atom.